The number of morpholine rings is 1. The number of halogens is 1. The van der Waals surface area contributed by atoms with Crippen molar-refractivity contribution in [2.45, 2.75) is 6.10 Å². The Morgan fingerprint density at radius 3 is 2.89 bits per heavy atom. The van der Waals surface area contributed by atoms with Crippen LogP contribution < -0.4 is 5.32 Å². The van der Waals surface area contributed by atoms with Crippen LogP contribution in [-0.4, -0.2) is 61.4 Å². The number of hydrogen-bond acceptors (Lipinski definition) is 5. The van der Waals surface area contributed by atoms with Crippen LogP contribution in [0.4, 0.5) is 0 Å². The number of hydrogen-bond donors (Lipinski definition) is 2. The molecule has 1 aromatic heterocycles. The highest BCUT2D eigenvalue weighted by molar-refractivity contribution is 9.10. The maximum atomic E-state index is 11.7. The Hall–Kier alpha value is -0.890. The fourth-order valence-electron chi connectivity index (χ4n) is 1.89. The van der Waals surface area contributed by atoms with E-state index in [2.05, 4.69) is 26.1 Å². The summed E-state index contributed by atoms with van der Waals surface area (Å²) in [5, 5.41) is 12.5. The first-order valence-corrected chi connectivity index (χ1v) is 6.95. The Balaban J connectivity index is 1.70. The first-order valence-electron chi connectivity index (χ1n) is 6.15. The summed E-state index contributed by atoms with van der Waals surface area (Å²) in [6.45, 7) is 3.79. The number of nitrogens with one attached hydrogen (secondary N) is 1. The number of ether oxygens (including phenoxy) is 1. The van der Waals surface area contributed by atoms with E-state index in [-0.39, 0.29) is 12.5 Å². The maximum absolute atomic E-state index is 11.7. The molecular formula is C12H17BrN2O4. The number of nitrogens with zero attached hydrogens (tertiary/aromatic N) is 1. The molecule has 0 aliphatic carbocycles. The van der Waals surface area contributed by atoms with Gasteiger partial charge in [0.2, 0.25) is 0 Å². The lowest BCUT2D eigenvalue weighted by molar-refractivity contribution is 0.0149. The third kappa shape index (κ3) is 4.61. The van der Waals surface area contributed by atoms with Crippen LogP contribution >= 0.6 is 15.9 Å². The van der Waals surface area contributed by atoms with Crippen LogP contribution in [0.5, 0.6) is 0 Å². The van der Waals surface area contributed by atoms with Crippen molar-refractivity contribution in [2.24, 2.45) is 0 Å². The molecule has 1 aromatic rings. The summed E-state index contributed by atoms with van der Waals surface area (Å²) in [6.07, 6.45) is 0.783. The number of aliphatic hydroxyl groups excluding tert-OH is 1. The summed E-state index contributed by atoms with van der Waals surface area (Å²) >= 11 is 3.13. The van der Waals surface area contributed by atoms with Crippen LogP contribution in [-0.2, 0) is 4.74 Å². The standard InChI is InChI=1S/C12H17BrN2O4/c13-11-5-9(8-19-11)12(17)14-6-10(16)7-15-1-3-18-4-2-15/h5,8,10,16H,1-4,6-7H2,(H,14,17). The number of rotatable bonds is 5. The van der Waals surface area contributed by atoms with Gasteiger partial charge in [-0.15, -0.1) is 0 Å². The predicted molar refractivity (Wildman–Crippen MR) is 72.0 cm³/mol. The third-order valence-electron chi connectivity index (χ3n) is 2.90. The highest BCUT2D eigenvalue weighted by atomic mass is 79.9. The van der Waals surface area contributed by atoms with Gasteiger partial charge in [-0.1, -0.05) is 0 Å². The van der Waals surface area contributed by atoms with Gasteiger partial charge in [-0.3, -0.25) is 9.69 Å². The van der Waals surface area contributed by atoms with Gasteiger partial charge >= 0.3 is 0 Å². The van der Waals surface area contributed by atoms with Gasteiger partial charge in [0.25, 0.3) is 5.91 Å². The Kier molecular flexibility index (Phi) is 5.38. The minimum absolute atomic E-state index is 0.221. The van der Waals surface area contributed by atoms with E-state index in [0.29, 0.717) is 30.0 Å². The Labute approximate surface area is 119 Å². The largest absolute Gasteiger partial charge is 0.457 e. The lowest BCUT2D eigenvalue weighted by Gasteiger charge is -2.28. The lowest BCUT2D eigenvalue weighted by atomic mass is 10.2. The Morgan fingerprint density at radius 1 is 1.53 bits per heavy atom. The Bertz CT molecular complexity index is 418. The SMILES string of the molecule is O=C(NCC(O)CN1CCOCC1)c1coc(Br)c1. The molecule has 2 rings (SSSR count). The maximum Gasteiger partial charge on any atom is 0.254 e. The molecule has 1 unspecified atom stereocenters. The quantitative estimate of drug-likeness (QED) is 0.819. The van der Waals surface area contributed by atoms with Gasteiger partial charge in [-0.2, -0.15) is 0 Å². The number of aliphatic hydroxyl groups is 1. The van der Waals surface area contributed by atoms with Crippen molar-refractivity contribution in [3.63, 3.8) is 0 Å². The zero-order valence-corrected chi connectivity index (χ0v) is 12.1. The molecule has 0 spiro atoms. The molecule has 1 amide bonds. The summed E-state index contributed by atoms with van der Waals surface area (Å²) in [7, 11) is 0. The molecule has 6 nitrogen and oxygen atoms in total. The van der Waals surface area contributed by atoms with Gasteiger partial charge in [0.15, 0.2) is 4.67 Å². The van der Waals surface area contributed by atoms with Crippen molar-refractivity contribution < 1.29 is 19.1 Å². The third-order valence-corrected chi connectivity index (χ3v) is 3.32. The van der Waals surface area contributed by atoms with Crippen molar-refractivity contribution in [2.75, 3.05) is 39.4 Å². The van der Waals surface area contributed by atoms with Crippen molar-refractivity contribution in [1.82, 2.24) is 10.2 Å². The zero-order chi connectivity index (χ0) is 13.7. The summed E-state index contributed by atoms with van der Waals surface area (Å²) < 4.78 is 10.7. The molecule has 1 aliphatic rings. The molecule has 0 aromatic carbocycles. The number of carbonyl (C=O) groups is 1. The van der Waals surface area contributed by atoms with Crippen molar-refractivity contribution >= 4 is 21.8 Å². The van der Waals surface area contributed by atoms with Crippen LogP contribution in [0.3, 0.4) is 0 Å². The van der Waals surface area contributed by atoms with E-state index in [1.54, 1.807) is 6.07 Å². The summed E-state index contributed by atoms with van der Waals surface area (Å²) in [6, 6.07) is 1.59. The van der Waals surface area contributed by atoms with Crippen LogP contribution in [0.15, 0.2) is 21.4 Å². The van der Waals surface area contributed by atoms with Gasteiger partial charge < -0.3 is 19.6 Å². The molecule has 1 saturated heterocycles. The second kappa shape index (κ2) is 7.04. The summed E-state index contributed by atoms with van der Waals surface area (Å²) in [5.74, 6) is -0.254. The number of carbonyl (C=O) groups excluding carboxylic acids is 1. The Morgan fingerprint density at radius 2 is 2.26 bits per heavy atom. The van der Waals surface area contributed by atoms with E-state index in [1.165, 1.54) is 6.26 Å². The molecule has 106 valence electrons. The van der Waals surface area contributed by atoms with Gasteiger partial charge in [0, 0.05) is 32.2 Å². The highest BCUT2D eigenvalue weighted by Crippen LogP contribution is 2.13. The van der Waals surface area contributed by atoms with Crippen LogP contribution in [0, 0.1) is 0 Å². The number of furan rings is 1. The predicted octanol–water partition coefficient (Wildman–Crippen LogP) is 0.465. The lowest BCUT2D eigenvalue weighted by Crippen LogP contribution is -2.44. The van der Waals surface area contributed by atoms with Crippen molar-refractivity contribution in [3.05, 3.63) is 22.6 Å². The van der Waals surface area contributed by atoms with Gasteiger partial charge in [0.05, 0.1) is 24.9 Å². The first-order chi connectivity index (χ1) is 9.15. The number of β-amino-alcohol motifs (C(OH)–C–C–N with tert-alkyl or cyclic N) is 1. The molecule has 2 heterocycles. The second-order valence-electron chi connectivity index (χ2n) is 4.42. The van der Waals surface area contributed by atoms with Gasteiger partial charge in [0.1, 0.15) is 6.26 Å². The second-order valence-corrected chi connectivity index (χ2v) is 5.20. The van der Waals surface area contributed by atoms with E-state index in [4.69, 9.17) is 9.15 Å². The summed E-state index contributed by atoms with van der Waals surface area (Å²) in [5.41, 5.74) is 0.436. The minimum Gasteiger partial charge on any atom is -0.457 e. The molecule has 1 fully saturated rings. The van der Waals surface area contributed by atoms with Crippen LogP contribution in [0.25, 0.3) is 0 Å². The van der Waals surface area contributed by atoms with Crippen LogP contribution in [0.2, 0.25) is 0 Å². The zero-order valence-electron chi connectivity index (χ0n) is 10.5. The normalized spacial score (nSPS) is 18.2. The van der Waals surface area contributed by atoms with E-state index in [1.807, 2.05) is 0 Å². The smallest absolute Gasteiger partial charge is 0.254 e. The minimum atomic E-state index is -0.586. The average Bonchev–Trinajstić information content (AvgIpc) is 2.84. The topological polar surface area (TPSA) is 74.9 Å². The molecule has 19 heavy (non-hydrogen) atoms. The van der Waals surface area contributed by atoms with Crippen molar-refractivity contribution in [1.29, 1.82) is 0 Å². The van der Waals surface area contributed by atoms with Gasteiger partial charge in [-0.25, -0.2) is 0 Å². The van der Waals surface area contributed by atoms with Crippen molar-refractivity contribution in [3.8, 4) is 0 Å². The molecular weight excluding hydrogens is 316 g/mol. The molecule has 2 N–H and O–H groups in total. The van der Waals surface area contributed by atoms with E-state index in [0.717, 1.165) is 13.1 Å². The van der Waals surface area contributed by atoms with Crippen LogP contribution in [0.1, 0.15) is 10.4 Å². The fraction of sp³-hybridized carbons (Fsp3) is 0.583. The molecule has 1 atom stereocenters. The monoisotopic (exact) mass is 332 g/mol. The van der Waals surface area contributed by atoms with E-state index >= 15 is 0 Å². The van der Waals surface area contributed by atoms with E-state index in [9.17, 15) is 9.90 Å². The molecule has 1 aliphatic heterocycles. The van der Waals surface area contributed by atoms with E-state index < -0.39 is 6.10 Å². The average molecular weight is 333 g/mol. The first kappa shape index (κ1) is 14.5. The number of amides is 1. The highest BCUT2D eigenvalue weighted by Gasteiger charge is 2.16. The molecule has 0 saturated carbocycles. The summed E-state index contributed by atoms with van der Waals surface area (Å²) in [4.78, 5) is 13.8. The molecule has 0 bridgehead atoms. The molecule has 7 heteroatoms. The fourth-order valence-corrected chi connectivity index (χ4v) is 2.23. The van der Waals surface area contributed by atoms with Gasteiger partial charge in [-0.05, 0) is 15.9 Å². The molecule has 0 radical (unpaired) electrons.